The van der Waals surface area contributed by atoms with Gasteiger partial charge >= 0.3 is 12.2 Å². The van der Waals surface area contributed by atoms with Gasteiger partial charge < -0.3 is 21.5 Å². The van der Waals surface area contributed by atoms with Crippen LogP contribution >= 0.6 is 0 Å². The fourth-order valence-corrected chi connectivity index (χ4v) is 7.41. The summed E-state index contributed by atoms with van der Waals surface area (Å²) in [6.45, 7) is 5.47. The number of nitrogen functional groups attached to an aromatic ring is 2. The van der Waals surface area contributed by atoms with Gasteiger partial charge in [0.05, 0.1) is 16.8 Å². The zero-order valence-corrected chi connectivity index (χ0v) is 24.5. The number of rotatable bonds is 7. The van der Waals surface area contributed by atoms with E-state index in [2.05, 4.69) is 25.2 Å². The molecular formula is C31H39F4N7O. The number of anilines is 2. The SMILES string of the molecule is Cc1cc(N)nc(-c2cc(CCC3CCCCNC3)c3c(N)nc(OCC45CCCN4CCC5)nc3c2F)c1C(F)(F)F. The fraction of sp³-hybridized carbons (Fsp3) is 0.581. The van der Waals surface area contributed by atoms with Gasteiger partial charge in [-0.2, -0.15) is 23.1 Å². The Kier molecular flexibility index (Phi) is 8.10. The van der Waals surface area contributed by atoms with E-state index >= 15 is 4.39 Å². The first-order chi connectivity index (χ1) is 20.6. The molecule has 232 valence electrons. The molecule has 3 aliphatic rings. The molecule has 3 fully saturated rings. The van der Waals surface area contributed by atoms with Crippen LogP contribution in [0.15, 0.2) is 12.1 Å². The zero-order chi connectivity index (χ0) is 30.4. The van der Waals surface area contributed by atoms with Crippen molar-refractivity contribution in [3.05, 3.63) is 34.6 Å². The Morgan fingerprint density at radius 3 is 2.58 bits per heavy atom. The van der Waals surface area contributed by atoms with Crippen LogP contribution < -0.4 is 21.5 Å². The molecule has 3 aliphatic heterocycles. The Bertz CT molecular complexity index is 1490. The number of hydrogen-bond donors (Lipinski definition) is 3. The number of hydrogen-bond acceptors (Lipinski definition) is 8. The van der Waals surface area contributed by atoms with Crippen LogP contribution in [0.1, 0.15) is 68.1 Å². The van der Waals surface area contributed by atoms with Crippen LogP contribution in [-0.4, -0.2) is 58.2 Å². The molecule has 0 saturated carbocycles. The molecule has 0 aliphatic carbocycles. The van der Waals surface area contributed by atoms with Gasteiger partial charge in [0, 0.05) is 10.9 Å². The summed E-state index contributed by atoms with van der Waals surface area (Å²) in [5.41, 5.74) is 10.6. The summed E-state index contributed by atoms with van der Waals surface area (Å²) in [6.07, 6.45) is 3.82. The van der Waals surface area contributed by atoms with Gasteiger partial charge in [-0.1, -0.05) is 6.42 Å². The molecule has 3 aromatic rings. The second-order valence-electron chi connectivity index (χ2n) is 12.4. The number of benzene rings is 1. The first-order valence-corrected chi connectivity index (χ1v) is 15.3. The van der Waals surface area contributed by atoms with Gasteiger partial charge in [-0.15, -0.1) is 0 Å². The van der Waals surface area contributed by atoms with E-state index in [0.717, 1.165) is 83.6 Å². The predicted octanol–water partition coefficient (Wildman–Crippen LogP) is 5.65. The smallest absolute Gasteiger partial charge is 0.418 e. The zero-order valence-electron chi connectivity index (χ0n) is 24.5. The molecule has 0 bridgehead atoms. The molecule has 6 rings (SSSR count). The number of halogens is 4. The van der Waals surface area contributed by atoms with Crippen LogP contribution in [0.2, 0.25) is 0 Å². The average Bonchev–Trinajstić information content (AvgIpc) is 3.41. The molecule has 0 radical (unpaired) electrons. The summed E-state index contributed by atoms with van der Waals surface area (Å²) >= 11 is 0. The van der Waals surface area contributed by atoms with Gasteiger partial charge in [0.15, 0.2) is 5.82 Å². The molecule has 0 spiro atoms. The molecule has 12 heteroatoms. The van der Waals surface area contributed by atoms with E-state index in [0.29, 0.717) is 29.9 Å². The highest BCUT2D eigenvalue weighted by atomic mass is 19.4. The standard InChI is InChI=1S/C31H39F4N7O/c1-18-14-22(36)39-26(24(18)31(33,34)35)21-15-20(8-7-19-6-2-3-11-38-16-19)23-27(25(21)32)40-29(41-28(23)37)43-17-30-9-4-12-42(30)13-5-10-30/h14-15,19,38H,2-13,16-17H2,1H3,(H2,36,39)(H2,37,40,41). The van der Waals surface area contributed by atoms with Crippen molar-refractivity contribution in [2.75, 3.05) is 44.3 Å². The molecule has 2 aromatic heterocycles. The van der Waals surface area contributed by atoms with Gasteiger partial charge in [-0.05, 0) is 114 Å². The van der Waals surface area contributed by atoms with Gasteiger partial charge in [-0.25, -0.2) is 9.37 Å². The Morgan fingerprint density at radius 1 is 1.07 bits per heavy atom. The van der Waals surface area contributed by atoms with Crippen molar-refractivity contribution in [1.29, 1.82) is 0 Å². The maximum Gasteiger partial charge on any atom is 0.418 e. The van der Waals surface area contributed by atoms with Crippen molar-refractivity contribution in [1.82, 2.24) is 25.2 Å². The third-order valence-electron chi connectivity index (χ3n) is 9.53. The summed E-state index contributed by atoms with van der Waals surface area (Å²) in [6, 6.07) is 2.49. The Labute approximate surface area is 248 Å². The Balaban J connectivity index is 1.45. The van der Waals surface area contributed by atoms with E-state index in [1.54, 1.807) is 0 Å². The first-order valence-electron chi connectivity index (χ1n) is 15.3. The van der Waals surface area contributed by atoms with Crippen LogP contribution in [0.4, 0.5) is 29.2 Å². The number of ether oxygens (including phenoxy) is 1. The summed E-state index contributed by atoms with van der Waals surface area (Å²) in [5, 5.41) is 3.74. The molecule has 5 N–H and O–H groups in total. The first kappa shape index (κ1) is 29.8. The molecule has 8 nitrogen and oxygen atoms in total. The second kappa shape index (κ2) is 11.7. The van der Waals surface area contributed by atoms with Crippen LogP contribution in [0.25, 0.3) is 22.2 Å². The summed E-state index contributed by atoms with van der Waals surface area (Å²) in [5.74, 6) is -0.679. The number of pyridine rings is 1. The number of nitrogens with zero attached hydrogens (tertiary/aromatic N) is 4. The highest BCUT2D eigenvalue weighted by Crippen LogP contribution is 2.43. The average molecular weight is 602 g/mol. The third kappa shape index (κ3) is 5.83. The van der Waals surface area contributed by atoms with Gasteiger partial charge in [0.2, 0.25) is 0 Å². The minimum absolute atomic E-state index is 0.0411. The van der Waals surface area contributed by atoms with E-state index in [1.807, 2.05) is 0 Å². The summed E-state index contributed by atoms with van der Waals surface area (Å²) < 4.78 is 65.5. The molecule has 43 heavy (non-hydrogen) atoms. The lowest BCUT2D eigenvalue weighted by Crippen LogP contribution is -2.43. The van der Waals surface area contributed by atoms with Crippen molar-refractivity contribution >= 4 is 22.5 Å². The number of alkyl halides is 3. The number of nitrogens with two attached hydrogens (primary N) is 2. The largest absolute Gasteiger partial charge is 0.461 e. The third-order valence-corrected chi connectivity index (χ3v) is 9.53. The quantitative estimate of drug-likeness (QED) is 0.298. The molecule has 0 amide bonds. The maximum atomic E-state index is 16.5. The molecule has 3 saturated heterocycles. The predicted molar refractivity (Wildman–Crippen MR) is 158 cm³/mol. The minimum atomic E-state index is -4.78. The number of nitrogens with one attached hydrogen (secondary N) is 1. The second-order valence-corrected chi connectivity index (χ2v) is 12.4. The molecular weight excluding hydrogens is 562 g/mol. The van der Waals surface area contributed by atoms with Crippen LogP contribution in [0.3, 0.4) is 0 Å². The molecule has 1 atom stereocenters. The highest BCUT2D eigenvalue weighted by molar-refractivity contribution is 5.95. The topological polar surface area (TPSA) is 115 Å². The monoisotopic (exact) mass is 601 g/mol. The van der Waals surface area contributed by atoms with E-state index in [9.17, 15) is 13.2 Å². The van der Waals surface area contributed by atoms with Crippen LogP contribution in [-0.2, 0) is 12.6 Å². The lowest BCUT2D eigenvalue weighted by atomic mass is 9.91. The molecule has 1 aromatic carbocycles. The highest BCUT2D eigenvalue weighted by Gasteiger charge is 2.45. The fourth-order valence-electron chi connectivity index (χ4n) is 7.41. The summed E-state index contributed by atoms with van der Waals surface area (Å²) in [7, 11) is 0. The van der Waals surface area contributed by atoms with Gasteiger partial charge in [-0.3, -0.25) is 4.90 Å². The Hall–Kier alpha value is -3.25. The van der Waals surface area contributed by atoms with E-state index < -0.39 is 23.3 Å². The van der Waals surface area contributed by atoms with Gasteiger partial charge in [0.25, 0.3) is 0 Å². The van der Waals surface area contributed by atoms with E-state index in [1.165, 1.54) is 13.0 Å². The summed E-state index contributed by atoms with van der Waals surface area (Å²) in [4.78, 5) is 15.3. The van der Waals surface area contributed by atoms with Crippen molar-refractivity contribution in [2.24, 2.45) is 5.92 Å². The van der Waals surface area contributed by atoms with Crippen molar-refractivity contribution in [2.45, 2.75) is 76.4 Å². The van der Waals surface area contributed by atoms with Crippen LogP contribution in [0.5, 0.6) is 6.01 Å². The van der Waals surface area contributed by atoms with Crippen molar-refractivity contribution in [3.63, 3.8) is 0 Å². The lowest BCUT2D eigenvalue weighted by molar-refractivity contribution is -0.137. The maximum absolute atomic E-state index is 16.5. The van der Waals surface area contributed by atoms with Crippen LogP contribution in [0, 0.1) is 18.7 Å². The van der Waals surface area contributed by atoms with E-state index in [-0.39, 0.29) is 39.8 Å². The molecule has 5 heterocycles. The van der Waals surface area contributed by atoms with Crippen molar-refractivity contribution < 1.29 is 22.3 Å². The van der Waals surface area contributed by atoms with Gasteiger partial charge in [0.1, 0.15) is 23.8 Å². The van der Waals surface area contributed by atoms with E-state index in [4.69, 9.17) is 16.2 Å². The molecule has 1 unspecified atom stereocenters. The number of fused-ring (bicyclic) bond motifs is 2. The lowest BCUT2D eigenvalue weighted by Gasteiger charge is -2.31. The number of aromatic nitrogens is 3. The minimum Gasteiger partial charge on any atom is -0.461 e. The normalized spacial score (nSPS) is 20.8. The van der Waals surface area contributed by atoms with Crippen molar-refractivity contribution in [3.8, 4) is 17.3 Å². The number of aryl methyl sites for hydroxylation is 2. The Morgan fingerprint density at radius 2 is 1.84 bits per heavy atom.